The van der Waals surface area contributed by atoms with E-state index < -0.39 is 0 Å². The van der Waals surface area contributed by atoms with Crippen molar-refractivity contribution in [1.29, 1.82) is 0 Å². The number of ether oxygens (including phenoxy) is 1. The van der Waals surface area contributed by atoms with Gasteiger partial charge in [0.1, 0.15) is 0 Å². The Labute approximate surface area is 104 Å². The highest BCUT2D eigenvalue weighted by molar-refractivity contribution is 5.75. The summed E-state index contributed by atoms with van der Waals surface area (Å²) in [5, 5.41) is 6.17. The maximum Gasteiger partial charge on any atom is 0.222 e. The number of hydrogen-bond acceptors (Lipinski definition) is 4. The van der Waals surface area contributed by atoms with Gasteiger partial charge in [-0.1, -0.05) is 0 Å². The number of nitrogens with zero attached hydrogens (tertiary/aromatic N) is 1. The molecule has 1 saturated heterocycles. The number of likely N-dealkylation sites (N-methyl/N-ethyl adjacent to an activating group) is 1. The van der Waals surface area contributed by atoms with Crippen molar-refractivity contribution in [2.75, 3.05) is 46.9 Å². The maximum atomic E-state index is 11.4. The van der Waals surface area contributed by atoms with Gasteiger partial charge in [0.2, 0.25) is 5.91 Å². The van der Waals surface area contributed by atoms with E-state index in [0.29, 0.717) is 25.7 Å². The molecule has 0 saturated carbocycles. The Bertz CT molecular complexity index is 216. The van der Waals surface area contributed by atoms with E-state index in [1.807, 2.05) is 19.0 Å². The SMILES string of the molecule is CN(C)CCNC(=O)CCOC1CCNCC1. The van der Waals surface area contributed by atoms with E-state index >= 15 is 0 Å². The van der Waals surface area contributed by atoms with Crippen molar-refractivity contribution in [2.45, 2.75) is 25.4 Å². The molecule has 1 rings (SSSR count). The average Bonchev–Trinajstić information content (AvgIpc) is 2.30. The number of nitrogens with one attached hydrogen (secondary N) is 2. The second kappa shape index (κ2) is 8.44. The van der Waals surface area contributed by atoms with E-state index in [0.717, 1.165) is 32.5 Å². The molecule has 1 fully saturated rings. The first-order valence-corrected chi connectivity index (χ1v) is 6.42. The van der Waals surface area contributed by atoms with Crippen LogP contribution < -0.4 is 10.6 Å². The number of carbonyl (C=O) groups is 1. The molecule has 0 atom stereocenters. The van der Waals surface area contributed by atoms with E-state index in [1.54, 1.807) is 0 Å². The van der Waals surface area contributed by atoms with Gasteiger partial charge in [0, 0.05) is 19.5 Å². The summed E-state index contributed by atoms with van der Waals surface area (Å²) in [5.41, 5.74) is 0. The molecule has 0 radical (unpaired) electrons. The lowest BCUT2D eigenvalue weighted by Gasteiger charge is -2.22. The molecular formula is C12H25N3O2. The van der Waals surface area contributed by atoms with Crippen LogP contribution in [-0.4, -0.2) is 63.8 Å². The van der Waals surface area contributed by atoms with Gasteiger partial charge in [0.25, 0.3) is 0 Å². The second-order valence-electron chi connectivity index (χ2n) is 4.72. The summed E-state index contributed by atoms with van der Waals surface area (Å²) in [6, 6.07) is 0. The Hall–Kier alpha value is -0.650. The van der Waals surface area contributed by atoms with E-state index in [1.165, 1.54) is 0 Å². The van der Waals surface area contributed by atoms with E-state index in [-0.39, 0.29) is 5.91 Å². The van der Waals surface area contributed by atoms with Crippen molar-refractivity contribution < 1.29 is 9.53 Å². The summed E-state index contributed by atoms with van der Waals surface area (Å²) in [7, 11) is 3.98. The third-order valence-electron chi connectivity index (χ3n) is 2.85. The summed E-state index contributed by atoms with van der Waals surface area (Å²) >= 11 is 0. The van der Waals surface area contributed by atoms with Crippen molar-refractivity contribution in [3.8, 4) is 0 Å². The molecule has 0 aromatic rings. The van der Waals surface area contributed by atoms with Crippen LogP contribution >= 0.6 is 0 Å². The van der Waals surface area contributed by atoms with Crippen LogP contribution in [0.15, 0.2) is 0 Å². The highest BCUT2D eigenvalue weighted by Gasteiger charge is 2.13. The van der Waals surface area contributed by atoms with Crippen molar-refractivity contribution >= 4 is 5.91 Å². The Morgan fingerprint density at radius 2 is 2.12 bits per heavy atom. The van der Waals surface area contributed by atoms with Crippen LogP contribution in [0.4, 0.5) is 0 Å². The minimum absolute atomic E-state index is 0.0841. The zero-order valence-corrected chi connectivity index (χ0v) is 11.0. The molecule has 5 heteroatoms. The van der Waals surface area contributed by atoms with Gasteiger partial charge >= 0.3 is 0 Å². The molecule has 0 bridgehead atoms. The Kier molecular flexibility index (Phi) is 7.16. The maximum absolute atomic E-state index is 11.4. The van der Waals surface area contributed by atoms with Crippen molar-refractivity contribution in [2.24, 2.45) is 0 Å². The molecule has 2 N–H and O–H groups in total. The van der Waals surface area contributed by atoms with Crippen molar-refractivity contribution in [3.05, 3.63) is 0 Å². The Morgan fingerprint density at radius 1 is 1.41 bits per heavy atom. The van der Waals surface area contributed by atoms with E-state index in [4.69, 9.17) is 4.74 Å². The molecule has 1 aliphatic rings. The number of rotatable bonds is 7. The quantitative estimate of drug-likeness (QED) is 0.651. The van der Waals surface area contributed by atoms with Gasteiger partial charge in [-0.2, -0.15) is 0 Å². The third-order valence-corrected chi connectivity index (χ3v) is 2.85. The minimum atomic E-state index is 0.0841. The Balaban J connectivity index is 1.95. The van der Waals surface area contributed by atoms with E-state index in [2.05, 4.69) is 10.6 Å². The molecular weight excluding hydrogens is 218 g/mol. The third kappa shape index (κ3) is 7.31. The molecule has 1 aliphatic heterocycles. The zero-order chi connectivity index (χ0) is 12.5. The van der Waals surface area contributed by atoms with Gasteiger partial charge in [0.05, 0.1) is 12.7 Å². The van der Waals surface area contributed by atoms with Crippen LogP contribution in [0, 0.1) is 0 Å². The summed E-state index contributed by atoms with van der Waals surface area (Å²) in [4.78, 5) is 13.5. The summed E-state index contributed by atoms with van der Waals surface area (Å²) in [6.45, 7) is 4.18. The van der Waals surface area contributed by atoms with E-state index in [9.17, 15) is 4.79 Å². The fourth-order valence-corrected chi connectivity index (χ4v) is 1.79. The molecule has 0 aliphatic carbocycles. The molecule has 5 nitrogen and oxygen atoms in total. The molecule has 1 heterocycles. The molecule has 100 valence electrons. The lowest BCUT2D eigenvalue weighted by Crippen LogP contribution is -2.34. The average molecular weight is 243 g/mol. The lowest BCUT2D eigenvalue weighted by atomic mass is 10.1. The predicted octanol–water partition coefficient (Wildman–Crippen LogP) is -0.177. The summed E-state index contributed by atoms with van der Waals surface area (Å²) in [5.74, 6) is 0.0841. The molecule has 1 amide bonds. The van der Waals surface area contributed by atoms with Crippen LogP contribution in [0.1, 0.15) is 19.3 Å². The fraction of sp³-hybridized carbons (Fsp3) is 0.917. The van der Waals surface area contributed by atoms with Crippen LogP contribution in [0.3, 0.4) is 0 Å². The number of carbonyl (C=O) groups excluding carboxylic acids is 1. The summed E-state index contributed by atoms with van der Waals surface area (Å²) in [6.07, 6.45) is 2.92. The normalized spacial score (nSPS) is 17.4. The highest BCUT2D eigenvalue weighted by Crippen LogP contribution is 2.07. The first kappa shape index (κ1) is 14.4. The van der Waals surface area contributed by atoms with Crippen LogP contribution in [-0.2, 0) is 9.53 Å². The Morgan fingerprint density at radius 3 is 2.76 bits per heavy atom. The van der Waals surface area contributed by atoms with Crippen LogP contribution in [0.25, 0.3) is 0 Å². The molecule has 0 unspecified atom stereocenters. The topological polar surface area (TPSA) is 53.6 Å². The van der Waals surface area contributed by atoms with Gasteiger partial charge < -0.3 is 20.3 Å². The van der Waals surface area contributed by atoms with Crippen molar-refractivity contribution in [1.82, 2.24) is 15.5 Å². The number of amides is 1. The second-order valence-corrected chi connectivity index (χ2v) is 4.72. The van der Waals surface area contributed by atoms with Gasteiger partial charge in [-0.05, 0) is 40.0 Å². The predicted molar refractivity (Wildman–Crippen MR) is 68.0 cm³/mol. The smallest absolute Gasteiger partial charge is 0.222 e. The van der Waals surface area contributed by atoms with Gasteiger partial charge in [-0.25, -0.2) is 0 Å². The molecule has 0 aromatic heterocycles. The molecule has 0 aromatic carbocycles. The lowest BCUT2D eigenvalue weighted by molar-refractivity contribution is -0.122. The van der Waals surface area contributed by atoms with Crippen molar-refractivity contribution in [3.63, 3.8) is 0 Å². The van der Waals surface area contributed by atoms with Crippen LogP contribution in [0.2, 0.25) is 0 Å². The first-order chi connectivity index (χ1) is 8.18. The van der Waals surface area contributed by atoms with Gasteiger partial charge in [-0.15, -0.1) is 0 Å². The standard InChI is InChI=1S/C12H25N3O2/c1-15(2)9-8-14-12(16)5-10-17-11-3-6-13-7-4-11/h11,13H,3-10H2,1-2H3,(H,14,16). The minimum Gasteiger partial charge on any atom is -0.378 e. The summed E-state index contributed by atoms with van der Waals surface area (Å²) < 4.78 is 5.67. The first-order valence-electron chi connectivity index (χ1n) is 6.42. The van der Waals surface area contributed by atoms with Gasteiger partial charge in [-0.3, -0.25) is 4.79 Å². The largest absolute Gasteiger partial charge is 0.378 e. The fourth-order valence-electron chi connectivity index (χ4n) is 1.79. The number of piperidine rings is 1. The number of hydrogen-bond donors (Lipinski definition) is 2. The zero-order valence-electron chi connectivity index (χ0n) is 11.0. The molecule has 17 heavy (non-hydrogen) atoms. The van der Waals surface area contributed by atoms with Crippen LogP contribution in [0.5, 0.6) is 0 Å². The monoisotopic (exact) mass is 243 g/mol. The molecule has 0 spiro atoms. The van der Waals surface area contributed by atoms with Gasteiger partial charge in [0.15, 0.2) is 0 Å². The highest BCUT2D eigenvalue weighted by atomic mass is 16.5.